The van der Waals surface area contributed by atoms with Gasteiger partial charge in [-0.15, -0.1) is 0 Å². The van der Waals surface area contributed by atoms with Crippen LogP contribution in [0.5, 0.6) is 5.75 Å². The Morgan fingerprint density at radius 3 is 2.43 bits per heavy atom. The molecule has 0 bridgehead atoms. The van der Waals surface area contributed by atoms with Crippen molar-refractivity contribution < 1.29 is 4.74 Å². The number of piperidine rings is 1. The molecule has 1 saturated carbocycles. The molecule has 2 aromatic heterocycles. The second kappa shape index (κ2) is 10.8. The first kappa shape index (κ1) is 23.9. The van der Waals surface area contributed by atoms with Gasteiger partial charge in [0.1, 0.15) is 11.3 Å². The van der Waals surface area contributed by atoms with Gasteiger partial charge in [0, 0.05) is 38.3 Å². The van der Waals surface area contributed by atoms with Crippen molar-refractivity contribution in [2.75, 3.05) is 32.1 Å². The van der Waals surface area contributed by atoms with Gasteiger partial charge in [0.05, 0.1) is 13.3 Å². The number of likely N-dealkylation sites (tertiary alicyclic amines) is 1. The summed E-state index contributed by atoms with van der Waals surface area (Å²) in [5.74, 6) is 1.51. The predicted molar refractivity (Wildman–Crippen MR) is 139 cm³/mol. The Morgan fingerprint density at radius 2 is 1.74 bits per heavy atom. The number of aromatic nitrogens is 4. The van der Waals surface area contributed by atoms with Gasteiger partial charge in [0.15, 0.2) is 5.65 Å². The number of anilines is 1. The van der Waals surface area contributed by atoms with Crippen LogP contribution in [-0.2, 0) is 6.54 Å². The van der Waals surface area contributed by atoms with Gasteiger partial charge in [0.2, 0.25) is 5.95 Å². The molecular weight excluding hydrogens is 440 g/mol. The highest BCUT2D eigenvalue weighted by molar-refractivity contribution is 5.72. The lowest BCUT2D eigenvalue weighted by atomic mass is 10.0. The van der Waals surface area contributed by atoms with Crippen LogP contribution in [0, 0.1) is 0 Å². The highest BCUT2D eigenvalue weighted by Crippen LogP contribution is 2.33. The van der Waals surface area contributed by atoms with Gasteiger partial charge in [-0.1, -0.05) is 38.3 Å². The Balaban J connectivity index is 1.37. The summed E-state index contributed by atoms with van der Waals surface area (Å²) < 4.78 is 9.27. The Morgan fingerprint density at radius 1 is 1.03 bits per heavy atom. The quantitative estimate of drug-likeness (QED) is 0.447. The maximum atomic E-state index is 13.8. The first-order valence-electron chi connectivity index (χ1n) is 13.3. The molecule has 188 valence electrons. The largest absolute Gasteiger partial charge is 0.497 e. The molecule has 2 fully saturated rings. The zero-order valence-corrected chi connectivity index (χ0v) is 21.1. The second-order valence-corrected chi connectivity index (χ2v) is 10.00. The molecule has 3 aromatic rings. The van der Waals surface area contributed by atoms with Gasteiger partial charge in [-0.2, -0.15) is 4.98 Å². The third-order valence-electron chi connectivity index (χ3n) is 7.64. The number of nitrogens with one attached hydrogen (secondary N) is 1. The molecule has 1 aliphatic carbocycles. The third-order valence-corrected chi connectivity index (χ3v) is 7.64. The maximum absolute atomic E-state index is 13.8. The van der Waals surface area contributed by atoms with Crippen LogP contribution in [0.1, 0.15) is 75.9 Å². The first-order chi connectivity index (χ1) is 17.2. The molecule has 1 aromatic carbocycles. The molecule has 1 aliphatic heterocycles. The minimum Gasteiger partial charge on any atom is -0.497 e. The van der Waals surface area contributed by atoms with Gasteiger partial charge in [-0.05, 0) is 49.8 Å². The number of ether oxygens (including phenoxy) is 1. The van der Waals surface area contributed by atoms with E-state index in [0.29, 0.717) is 5.95 Å². The zero-order chi connectivity index (χ0) is 24.2. The molecule has 35 heavy (non-hydrogen) atoms. The number of unbranched alkanes of at least 4 members (excludes halogenated alkanes) is 1. The van der Waals surface area contributed by atoms with Gasteiger partial charge in [-0.3, -0.25) is 14.0 Å². The van der Waals surface area contributed by atoms with Crippen LogP contribution >= 0.6 is 0 Å². The summed E-state index contributed by atoms with van der Waals surface area (Å²) in [7, 11) is 1.69. The summed E-state index contributed by atoms with van der Waals surface area (Å²) in [6.07, 6.45) is 10.5. The third kappa shape index (κ3) is 5.08. The van der Waals surface area contributed by atoms with E-state index >= 15 is 0 Å². The predicted octanol–water partition coefficient (Wildman–Crippen LogP) is 4.77. The number of rotatable bonds is 9. The number of imidazole rings is 1. The summed E-state index contributed by atoms with van der Waals surface area (Å²) in [6, 6.07) is 8.74. The van der Waals surface area contributed by atoms with E-state index in [1.54, 1.807) is 7.11 Å². The lowest BCUT2D eigenvalue weighted by Gasteiger charge is -2.32. The molecule has 1 N–H and O–H groups in total. The van der Waals surface area contributed by atoms with E-state index in [9.17, 15) is 4.79 Å². The van der Waals surface area contributed by atoms with E-state index in [1.165, 1.54) is 18.4 Å². The molecule has 0 atom stereocenters. The van der Waals surface area contributed by atoms with Crippen LogP contribution in [-0.4, -0.2) is 50.7 Å². The van der Waals surface area contributed by atoms with Crippen LogP contribution in [0.25, 0.3) is 11.2 Å². The Bertz CT molecular complexity index is 1170. The smallest absolute Gasteiger partial charge is 0.330 e. The van der Waals surface area contributed by atoms with Crippen molar-refractivity contribution in [3.63, 3.8) is 0 Å². The highest BCUT2D eigenvalue weighted by Gasteiger charge is 2.29. The highest BCUT2D eigenvalue weighted by atomic mass is 16.5. The van der Waals surface area contributed by atoms with Crippen molar-refractivity contribution >= 4 is 17.1 Å². The van der Waals surface area contributed by atoms with Crippen molar-refractivity contribution in [2.45, 2.75) is 76.9 Å². The molecule has 0 unspecified atom stereocenters. The topological polar surface area (TPSA) is 77.2 Å². The molecule has 1 saturated heterocycles. The number of benzene rings is 1. The van der Waals surface area contributed by atoms with E-state index in [1.807, 2.05) is 27.5 Å². The molecule has 2 aliphatic rings. The number of nitrogens with zero attached hydrogens (tertiary/aromatic N) is 5. The molecule has 0 radical (unpaired) electrons. The average molecular weight is 479 g/mol. The number of hydrogen-bond acceptors (Lipinski definition) is 6. The van der Waals surface area contributed by atoms with Crippen molar-refractivity contribution in [3.05, 3.63) is 46.5 Å². The maximum Gasteiger partial charge on any atom is 0.330 e. The molecule has 5 rings (SSSR count). The summed E-state index contributed by atoms with van der Waals surface area (Å²) in [4.78, 5) is 25.7. The number of fused-ring (bicyclic) bond motifs is 1. The SMILES string of the molecule is CCCCNc1ncc2c(n1)n(C1CCN(Cc3ccc(OC)cc3)CC1)c(=O)n2C1CCCC1. The molecule has 3 heterocycles. The van der Waals surface area contributed by atoms with E-state index in [-0.39, 0.29) is 17.8 Å². The van der Waals surface area contributed by atoms with Crippen LogP contribution in [0.15, 0.2) is 35.3 Å². The van der Waals surface area contributed by atoms with Gasteiger partial charge < -0.3 is 10.1 Å². The Hall–Kier alpha value is -2.87. The molecule has 8 nitrogen and oxygen atoms in total. The molecule has 8 heteroatoms. The number of hydrogen-bond donors (Lipinski definition) is 1. The minimum absolute atomic E-state index is 0.0977. The summed E-state index contributed by atoms with van der Waals surface area (Å²) >= 11 is 0. The van der Waals surface area contributed by atoms with E-state index in [0.717, 1.165) is 81.6 Å². The number of methoxy groups -OCH3 is 1. The molecular formula is C27H38N6O2. The van der Waals surface area contributed by atoms with Crippen LogP contribution < -0.4 is 15.7 Å². The van der Waals surface area contributed by atoms with Crippen LogP contribution in [0.2, 0.25) is 0 Å². The van der Waals surface area contributed by atoms with Gasteiger partial charge in [-0.25, -0.2) is 9.78 Å². The van der Waals surface area contributed by atoms with Crippen LogP contribution in [0.3, 0.4) is 0 Å². The van der Waals surface area contributed by atoms with E-state index < -0.39 is 0 Å². The molecule has 0 amide bonds. The Labute approximate surface area is 207 Å². The normalized spacial score (nSPS) is 17.9. The van der Waals surface area contributed by atoms with E-state index in [2.05, 4.69) is 34.3 Å². The lowest BCUT2D eigenvalue weighted by Crippen LogP contribution is -2.38. The van der Waals surface area contributed by atoms with Crippen molar-refractivity contribution in [2.24, 2.45) is 0 Å². The zero-order valence-electron chi connectivity index (χ0n) is 21.1. The van der Waals surface area contributed by atoms with Crippen LogP contribution in [0.4, 0.5) is 5.95 Å². The first-order valence-corrected chi connectivity index (χ1v) is 13.3. The molecule has 0 spiro atoms. The Kier molecular flexibility index (Phi) is 7.37. The minimum atomic E-state index is 0.0977. The standard InChI is InChI=1S/C27H38N6O2/c1-3-4-15-28-26-29-18-24-25(30-26)33(27(34)32(24)21-7-5-6-8-21)22-13-16-31(17-14-22)19-20-9-11-23(35-2)12-10-20/h9-12,18,21-22H,3-8,13-17,19H2,1-2H3,(H,28,29,30). The van der Waals surface area contributed by atoms with Crippen molar-refractivity contribution in [1.82, 2.24) is 24.0 Å². The summed E-state index contributed by atoms with van der Waals surface area (Å²) in [5, 5.41) is 3.34. The van der Waals surface area contributed by atoms with Gasteiger partial charge in [0.25, 0.3) is 0 Å². The fourth-order valence-corrected chi connectivity index (χ4v) is 5.65. The monoisotopic (exact) mass is 478 g/mol. The average Bonchev–Trinajstić information content (AvgIpc) is 3.50. The summed E-state index contributed by atoms with van der Waals surface area (Å²) in [6.45, 7) is 5.87. The fraction of sp³-hybridized carbons (Fsp3) is 0.593. The summed E-state index contributed by atoms with van der Waals surface area (Å²) in [5.41, 5.74) is 3.07. The van der Waals surface area contributed by atoms with Gasteiger partial charge >= 0.3 is 5.69 Å². The van der Waals surface area contributed by atoms with Crippen molar-refractivity contribution in [1.29, 1.82) is 0 Å². The van der Waals surface area contributed by atoms with Crippen molar-refractivity contribution in [3.8, 4) is 5.75 Å². The lowest BCUT2D eigenvalue weighted by molar-refractivity contribution is 0.179. The van der Waals surface area contributed by atoms with E-state index in [4.69, 9.17) is 9.72 Å². The second-order valence-electron chi connectivity index (χ2n) is 10.00. The fourth-order valence-electron chi connectivity index (χ4n) is 5.65.